The van der Waals surface area contributed by atoms with Crippen LogP contribution in [0.25, 0.3) is 0 Å². The van der Waals surface area contributed by atoms with E-state index in [1.807, 2.05) is 19.1 Å². The number of anilines is 1. The quantitative estimate of drug-likeness (QED) is 0.829. The molecule has 88 valence electrons. The van der Waals surface area contributed by atoms with Crippen molar-refractivity contribution < 1.29 is 9.90 Å². The highest BCUT2D eigenvalue weighted by Gasteiger charge is 2.25. The fourth-order valence-electron chi connectivity index (χ4n) is 1.85. The highest BCUT2D eigenvalue weighted by Crippen LogP contribution is 2.22. The van der Waals surface area contributed by atoms with Crippen LogP contribution >= 0.6 is 11.3 Å². The lowest BCUT2D eigenvalue weighted by Crippen LogP contribution is -2.33. The zero-order valence-corrected chi connectivity index (χ0v) is 10.1. The van der Waals surface area contributed by atoms with Gasteiger partial charge in [0.2, 0.25) is 0 Å². The van der Waals surface area contributed by atoms with Crippen molar-refractivity contribution >= 4 is 22.4 Å². The van der Waals surface area contributed by atoms with E-state index in [-0.39, 0.29) is 18.6 Å². The van der Waals surface area contributed by atoms with E-state index in [0.29, 0.717) is 6.54 Å². The lowest BCUT2D eigenvalue weighted by Gasteiger charge is -2.16. The van der Waals surface area contributed by atoms with Gasteiger partial charge in [0.05, 0.1) is 5.00 Å². The van der Waals surface area contributed by atoms with Crippen molar-refractivity contribution in [1.29, 1.82) is 0 Å². The van der Waals surface area contributed by atoms with E-state index in [9.17, 15) is 4.79 Å². The van der Waals surface area contributed by atoms with Gasteiger partial charge in [0.1, 0.15) is 0 Å². The van der Waals surface area contributed by atoms with Crippen molar-refractivity contribution in [3.63, 3.8) is 0 Å². The second-order valence-corrected chi connectivity index (χ2v) is 5.41. The molecule has 1 aliphatic rings. The van der Waals surface area contributed by atoms with Crippen molar-refractivity contribution in [1.82, 2.24) is 4.90 Å². The van der Waals surface area contributed by atoms with Crippen LogP contribution in [0, 0.1) is 12.8 Å². The predicted molar refractivity (Wildman–Crippen MR) is 64.8 cm³/mol. The molecule has 0 aliphatic carbocycles. The van der Waals surface area contributed by atoms with Crippen LogP contribution < -0.4 is 5.32 Å². The van der Waals surface area contributed by atoms with Crippen LogP contribution in [-0.2, 0) is 0 Å². The Bertz CT molecular complexity index is 378. The zero-order valence-electron chi connectivity index (χ0n) is 9.27. The first-order valence-corrected chi connectivity index (χ1v) is 6.24. The average molecular weight is 240 g/mol. The molecule has 0 spiro atoms. The van der Waals surface area contributed by atoms with E-state index in [4.69, 9.17) is 5.11 Å². The van der Waals surface area contributed by atoms with Crippen LogP contribution in [0.15, 0.2) is 12.1 Å². The molecule has 5 heteroatoms. The first kappa shape index (κ1) is 11.4. The minimum atomic E-state index is -0.0576. The third-order valence-electron chi connectivity index (χ3n) is 2.80. The van der Waals surface area contributed by atoms with E-state index >= 15 is 0 Å². The fraction of sp³-hybridized carbons (Fsp3) is 0.545. The first-order valence-electron chi connectivity index (χ1n) is 5.42. The Balaban J connectivity index is 1.89. The fourth-order valence-corrected chi connectivity index (χ4v) is 2.61. The van der Waals surface area contributed by atoms with Gasteiger partial charge in [-0.05, 0) is 25.5 Å². The molecule has 1 aromatic heterocycles. The second kappa shape index (κ2) is 4.84. The number of carbonyl (C=O) groups is 1. The van der Waals surface area contributed by atoms with E-state index in [1.165, 1.54) is 4.88 Å². The number of thiophene rings is 1. The molecule has 16 heavy (non-hydrogen) atoms. The van der Waals surface area contributed by atoms with Gasteiger partial charge in [-0.15, -0.1) is 11.3 Å². The molecule has 0 radical (unpaired) electrons. The Morgan fingerprint density at radius 2 is 2.50 bits per heavy atom. The minimum Gasteiger partial charge on any atom is -0.396 e. The van der Waals surface area contributed by atoms with Gasteiger partial charge < -0.3 is 10.0 Å². The maximum atomic E-state index is 11.8. The zero-order chi connectivity index (χ0) is 11.5. The normalized spacial score (nSPS) is 20.1. The number of nitrogens with zero attached hydrogens (tertiary/aromatic N) is 1. The van der Waals surface area contributed by atoms with Gasteiger partial charge in [-0.1, -0.05) is 0 Å². The maximum absolute atomic E-state index is 11.8. The SMILES string of the molecule is Cc1ccc(NC(=O)N2CCC(CO)C2)s1. The number of carbonyl (C=O) groups excluding carboxylic acids is 1. The number of hydrogen-bond donors (Lipinski definition) is 2. The first-order chi connectivity index (χ1) is 7.69. The average Bonchev–Trinajstić information content (AvgIpc) is 2.87. The van der Waals surface area contributed by atoms with Gasteiger partial charge in [0.25, 0.3) is 0 Å². The summed E-state index contributed by atoms with van der Waals surface area (Å²) in [6.45, 7) is 3.58. The summed E-state index contributed by atoms with van der Waals surface area (Å²) in [5, 5.41) is 12.8. The summed E-state index contributed by atoms with van der Waals surface area (Å²) in [4.78, 5) is 14.8. The molecular weight excluding hydrogens is 224 g/mol. The molecule has 1 fully saturated rings. The summed E-state index contributed by atoms with van der Waals surface area (Å²) in [6.07, 6.45) is 0.896. The molecule has 0 aromatic carbocycles. The van der Waals surface area contributed by atoms with Crippen molar-refractivity contribution in [3.8, 4) is 0 Å². The number of rotatable bonds is 2. The molecule has 1 atom stereocenters. The van der Waals surface area contributed by atoms with Gasteiger partial charge >= 0.3 is 6.03 Å². The van der Waals surface area contributed by atoms with Gasteiger partial charge in [-0.3, -0.25) is 5.32 Å². The number of urea groups is 1. The van der Waals surface area contributed by atoms with Crippen LogP contribution in [0.2, 0.25) is 0 Å². The third kappa shape index (κ3) is 2.54. The summed E-state index contributed by atoms with van der Waals surface area (Å²) in [7, 11) is 0. The van der Waals surface area contributed by atoms with E-state index < -0.39 is 0 Å². The summed E-state index contributed by atoms with van der Waals surface area (Å²) in [5.41, 5.74) is 0. The Hall–Kier alpha value is -1.07. The molecule has 1 unspecified atom stereocenters. The van der Waals surface area contributed by atoms with Crippen LogP contribution in [0.4, 0.5) is 9.80 Å². The third-order valence-corrected chi connectivity index (χ3v) is 3.72. The Labute approximate surface area is 98.9 Å². The van der Waals surface area contributed by atoms with Crippen LogP contribution in [0.3, 0.4) is 0 Å². The summed E-state index contributed by atoms with van der Waals surface area (Å²) >= 11 is 1.57. The number of likely N-dealkylation sites (tertiary alicyclic amines) is 1. The minimum absolute atomic E-state index is 0.0576. The van der Waals surface area contributed by atoms with Gasteiger partial charge in [-0.25, -0.2) is 4.79 Å². The van der Waals surface area contributed by atoms with Crippen molar-refractivity contribution in [2.24, 2.45) is 5.92 Å². The second-order valence-electron chi connectivity index (χ2n) is 4.12. The topological polar surface area (TPSA) is 52.6 Å². The summed E-state index contributed by atoms with van der Waals surface area (Å²) in [5.74, 6) is 0.246. The van der Waals surface area contributed by atoms with Crippen LogP contribution in [0.1, 0.15) is 11.3 Å². The van der Waals surface area contributed by atoms with Gasteiger partial charge in [0.15, 0.2) is 0 Å². The number of nitrogens with one attached hydrogen (secondary N) is 1. The van der Waals surface area contributed by atoms with E-state index in [2.05, 4.69) is 5.32 Å². The highest BCUT2D eigenvalue weighted by atomic mass is 32.1. The Morgan fingerprint density at radius 1 is 1.69 bits per heavy atom. The molecule has 1 saturated heterocycles. The number of amides is 2. The summed E-state index contributed by atoms with van der Waals surface area (Å²) in [6, 6.07) is 3.84. The molecule has 0 saturated carbocycles. The standard InChI is InChI=1S/C11H16N2O2S/c1-8-2-3-10(16-8)12-11(15)13-5-4-9(6-13)7-14/h2-3,9,14H,4-7H2,1H3,(H,12,15). The van der Waals surface area contributed by atoms with Crippen LogP contribution in [-0.4, -0.2) is 35.7 Å². The van der Waals surface area contributed by atoms with E-state index in [1.54, 1.807) is 16.2 Å². The van der Waals surface area contributed by atoms with Crippen molar-refractivity contribution in [2.75, 3.05) is 25.0 Å². The monoisotopic (exact) mass is 240 g/mol. The lowest BCUT2D eigenvalue weighted by molar-refractivity contribution is 0.209. The Kier molecular flexibility index (Phi) is 3.46. The lowest BCUT2D eigenvalue weighted by atomic mass is 10.1. The van der Waals surface area contributed by atoms with Crippen molar-refractivity contribution in [2.45, 2.75) is 13.3 Å². The molecule has 1 aromatic rings. The molecule has 2 amide bonds. The molecular formula is C11H16N2O2S. The molecule has 1 aliphatic heterocycles. The predicted octanol–water partition coefficient (Wildman–Crippen LogP) is 1.90. The molecule has 2 N–H and O–H groups in total. The van der Waals surface area contributed by atoms with Gasteiger partial charge in [0, 0.05) is 30.5 Å². The summed E-state index contributed by atoms with van der Waals surface area (Å²) < 4.78 is 0. The smallest absolute Gasteiger partial charge is 0.322 e. The Morgan fingerprint density at radius 3 is 3.06 bits per heavy atom. The number of aliphatic hydroxyl groups excluding tert-OH is 1. The molecule has 0 bridgehead atoms. The number of aryl methyl sites for hydroxylation is 1. The van der Waals surface area contributed by atoms with Crippen molar-refractivity contribution in [3.05, 3.63) is 17.0 Å². The van der Waals surface area contributed by atoms with E-state index in [0.717, 1.165) is 18.0 Å². The molecule has 4 nitrogen and oxygen atoms in total. The van der Waals surface area contributed by atoms with Gasteiger partial charge in [-0.2, -0.15) is 0 Å². The largest absolute Gasteiger partial charge is 0.396 e. The molecule has 2 heterocycles. The van der Waals surface area contributed by atoms with Crippen LogP contribution in [0.5, 0.6) is 0 Å². The maximum Gasteiger partial charge on any atom is 0.322 e. The highest BCUT2D eigenvalue weighted by molar-refractivity contribution is 7.16. The number of aliphatic hydroxyl groups is 1. The number of hydrogen-bond acceptors (Lipinski definition) is 3. The molecule has 2 rings (SSSR count).